The van der Waals surface area contributed by atoms with Crippen LogP contribution in [0.1, 0.15) is 30.1 Å². The zero-order chi connectivity index (χ0) is 17.4. The summed E-state index contributed by atoms with van der Waals surface area (Å²) >= 11 is 0. The lowest BCUT2D eigenvalue weighted by atomic mass is 10.2. The van der Waals surface area contributed by atoms with Crippen LogP contribution in [0, 0.1) is 0 Å². The SMILES string of the molecule is CCCCOc1cccc(C(=O)Nc2cc(OC)ccc2OC)c1. The number of benzene rings is 2. The van der Waals surface area contributed by atoms with Crippen molar-refractivity contribution >= 4 is 11.6 Å². The second-order valence-electron chi connectivity index (χ2n) is 5.25. The number of anilines is 1. The molecule has 2 aromatic rings. The van der Waals surface area contributed by atoms with Crippen LogP contribution in [0.5, 0.6) is 17.2 Å². The zero-order valence-corrected chi connectivity index (χ0v) is 14.3. The maximum absolute atomic E-state index is 12.5. The van der Waals surface area contributed by atoms with Gasteiger partial charge in [-0.15, -0.1) is 0 Å². The number of ether oxygens (including phenoxy) is 3. The Bertz CT molecular complexity index is 685. The minimum Gasteiger partial charge on any atom is -0.497 e. The molecular weight excluding hydrogens is 306 g/mol. The first-order chi connectivity index (χ1) is 11.7. The van der Waals surface area contributed by atoms with Crippen LogP contribution in [0.15, 0.2) is 42.5 Å². The fraction of sp³-hybridized carbons (Fsp3) is 0.316. The largest absolute Gasteiger partial charge is 0.497 e. The fourth-order valence-corrected chi connectivity index (χ4v) is 2.17. The van der Waals surface area contributed by atoms with Crippen molar-refractivity contribution in [3.63, 3.8) is 0 Å². The second kappa shape index (κ2) is 8.82. The summed E-state index contributed by atoms with van der Waals surface area (Å²) in [5.41, 5.74) is 1.08. The van der Waals surface area contributed by atoms with Crippen molar-refractivity contribution in [3.8, 4) is 17.2 Å². The topological polar surface area (TPSA) is 56.8 Å². The van der Waals surface area contributed by atoms with E-state index in [1.54, 1.807) is 50.6 Å². The van der Waals surface area contributed by atoms with E-state index in [0.717, 1.165) is 12.8 Å². The molecule has 0 aliphatic rings. The highest BCUT2D eigenvalue weighted by molar-refractivity contribution is 6.05. The third-order valence-electron chi connectivity index (χ3n) is 3.52. The quantitative estimate of drug-likeness (QED) is 0.740. The number of carbonyl (C=O) groups excluding carboxylic acids is 1. The standard InChI is InChI=1S/C19H23NO4/c1-4-5-11-24-16-8-6-7-14(12-16)19(21)20-17-13-15(22-2)9-10-18(17)23-3/h6-10,12-13H,4-5,11H2,1-3H3,(H,20,21). The van der Waals surface area contributed by atoms with Gasteiger partial charge < -0.3 is 19.5 Å². The molecule has 1 amide bonds. The van der Waals surface area contributed by atoms with Crippen molar-refractivity contribution in [2.24, 2.45) is 0 Å². The zero-order valence-electron chi connectivity index (χ0n) is 14.3. The summed E-state index contributed by atoms with van der Waals surface area (Å²) in [4.78, 5) is 12.5. The van der Waals surface area contributed by atoms with Gasteiger partial charge in [-0.05, 0) is 36.8 Å². The number of amides is 1. The fourth-order valence-electron chi connectivity index (χ4n) is 2.17. The molecule has 0 aliphatic heterocycles. The first kappa shape index (κ1) is 17.7. The number of methoxy groups -OCH3 is 2. The second-order valence-corrected chi connectivity index (χ2v) is 5.25. The average Bonchev–Trinajstić information content (AvgIpc) is 2.62. The molecule has 0 unspecified atom stereocenters. The van der Waals surface area contributed by atoms with Gasteiger partial charge in [-0.3, -0.25) is 4.79 Å². The van der Waals surface area contributed by atoms with E-state index in [-0.39, 0.29) is 5.91 Å². The van der Waals surface area contributed by atoms with Gasteiger partial charge in [0.2, 0.25) is 0 Å². The van der Waals surface area contributed by atoms with E-state index in [1.807, 2.05) is 6.07 Å². The van der Waals surface area contributed by atoms with Gasteiger partial charge in [0.1, 0.15) is 17.2 Å². The molecule has 0 aromatic heterocycles. The van der Waals surface area contributed by atoms with E-state index in [1.165, 1.54) is 0 Å². The third kappa shape index (κ3) is 4.65. The summed E-state index contributed by atoms with van der Waals surface area (Å²) in [6.45, 7) is 2.75. The maximum Gasteiger partial charge on any atom is 0.255 e. The highest BCUT2D eigenvalue weighted by Crippen LogP contribution is 2.29. The smallest absolute Gasteiger partial charge is 0.255 e. The molecule has 0 fully saturated rings. The summed E-state index contributed by atoms with van der Waals surface area (Å²) in [5.74, 6) is 1.67. The molecule has 0 bridgehead atoms. The van der Waals surface area contributed by atoms with Gasteiger partial charge in [0.15, 0.2) is 0 Å². The molecule has 0 aliphatic carbocycles. The lowest BCUT2D eigenvalue weighted by Gasteiger charge is -2.12. The van der Waals surface area contributed by atoms with Crippen LogP contribution >= 0.6 is 0 Å². The number of unbranched alkanes of at least 4 members (excludes halogenated alkanes) is 1. The van der Waals surface area contributed by atoms with E-state index in [9.17, 15) is 4.79 Å². The molecule has 5 heteroatoms. The molecular formula is C19H23NO4. The minimum absolute atomic E-state index is 0.234. The van der Waals surface area contributed by atoms with Crippen molar-refractivity contribution < 1.29 is 19.0 Å². The van der Waals surface area contributed by atoms with Crippen molar-refractivity contribution in [2.45, 2.75) is 19.8 Å². The summed E-state index contributed by atoms with van der Waals surface area (Å²) < 4.78 is 16.1. The molecule has 2 rings (SSSR count). The molecule has 1 N–H and O–H groups in total. The maximum atomic E-state index is 12.5. The lowest BCUT2D eigenvalue weighted by Crippen LogP contribution is -2.13. The van der Waals surface area contributed by atoms with Crippen molar-refractivity contribution in [1.29, 1.82) is 0 Å². The van der Waals surface area contributed by atoms with E-state index in [0.29, 0.717) is 35.1 Å². The van der Waals surface area contributed by atoms with Crippen LogP contribution in [0.3, 0.4) is 0 Å². The van der Waals surface area contributed by atoms with Gasteiger partial charge in [-0.2, -0.15) is 0 Å². The lowest BCUT2D eigenvalue weighted by molar-refractivity contribution is 0.102. The van der Waals surface area contributed by atoms with E-state index >= 15 is 0 Å². The number of rotatable bonds is 8. The molecule has 24 heavy (non-hydrogen) atoms. The Morgan fingerprint density at radius 2 is 1.88 bits per heavy atom. The Morgan fingerprint density at radius 1 is 1.04 bits per heavy atom. The van der Waals surface area contributed by atoms with Gasteiger partial charge in [-0.1, -0.05) is 19.4 Å². The Labute approximate surface area is 142 Å². The summed E-state index contributed by atoms with van der Waals surface area (Å²) in [6, 6.07) is 12.4. The van der Waals surface area contributed by atoms with Gasteiger partial charge in [0, 0.05) is 11.6 Å². The third-order valence-corrected chi connectivity index (χ3v) is 3.52. The Kier molecular flexibility index (Phi) is 6.49. The number of nitrogens with one attached hydrogen (secondary N) is 1. The predicted octanol–water partition coefficient (Wildman–Crippen LogP) is 4.14. The molecule has 0 spiro atoms. The summed E-state index contributed by atoms with van der Waals surface area (Å²) in [5, 5.41) is 2.85. The highest BCUT2D eigenvalue weighted by atomic mass is 16.5. The van der Waals surface area contributed by atoms with Crippen LogP contribution in [-0.4, -0.2) is 26.7 Å². The Morgan fingerprint density at radius 3 is 2.58 bits per heavy atom. The molecule has 0 atom stereocenters. The minimum atomic E-state index is -0.234. The number of hydrogen-bond donors (Lipinski definition) is 1. The summed E-state index contributed by atoms with van der Waals surface area (Å²) in [7, 11) is 3.13. The first-order valence-corrected chi connectivity index (χ1v) is 7.94. The van der Waals surface area contributed by atoms with Crippen LogP contribution in [0.4, 0.5) is 5.69 Å². The van der Waals surface area contributed by atoms with E-state index in [4.69, 9.17) is 14.2 Å². The highest BCUT2D eigenvalue weighted by Gasteiger charge is 2.11. The van der Waals surface area contributed by atoms with Gasteiger partial charge in [-0.25, -0.2) is 0 Å². The molecule has 2 aromatic carbocycles. The molecule has 0 radical (unpaired) electrons. The predicted molar refractivity (Wildman–Crippen MR) is 94.3 cm³/mol. The monoisotopic (exact) mass is 329 g/mol. The van der Waals surface area contributed by atoms with Gasteiger partial charge >= 0.3 is 0 Å². The molecule has 0 heterocycles. The normalized spacial score (nSPS) is 10.1. The average molecular weight is 329 g/mol. The number of hydrogen-bond acceptors (Lipinski definition) is 4. The molecule has 5 nitrogen and oxygen atoms in total. The Hall–Kier alpha value is -2.69. The number of carbonyl (C=O) groups is 1. The van der Waals surface area contributed by atoms with Gasteiger partial charge in [0.05, 0.1) is 26.5 Å². The molecule has 128 valence electrons. The first-order valence-electron chi connectivity index (χ1n) is 7.94. The summed E-state index contributed by atoms with van der Waals surface area (Å²) in [6.07, 6.45) is 2.05. The van der Waals surface area contributed by atoms with E-state index in [2.05, 4.69) is 12.2 Å². The van der Waals surface area contributed by atoms with Crippen LogP contribution in [-0.2, 0) is 0 Å². The van der Waals surface area contributed by atoms with Gasteiger partial charge in [0.25, 0.3) is 5.91 Å². The van der Waals surface area contributed by atoms with Crippen molar-refractivity contribution in [3.05, 3.63) is 48.0 Å². The Balaban J connectivity index is 2.13. The van der Waals surface area contributed by atoms with E-state index < -0.39 is 0 Å². The van der Waals surface area contributed by atoms with Crippen molar-refractivity contribution in [2.75, 3.05) is 26.1 Å². The molecule has 0 saturated carbocycles. The van der Waals surface area contributed by atoms with Crippen LogP contribution in [0.2, 0.25) is 0 Å². The molecule has 0 saturated heterocycles. The van der Waals surface area contributed by atoms with Crippen LogP contribution in [0.25, 0.3) is 0 Å². The van der Waals surface area contributed by atoms with Crippen molar-refractivity contribution in [1.82, 2.24) is 0 Å². The van der Waals surface area contributed by atoms with Crippen LogP contribution < -0.4 is 19.5 Å².